The van der Waals surface area contributed by atoms with E-state index >= 15 is 0 Å². The standard InChI is InChI=1S/C23H22N2O3S/c1-13-8-10-15(11-9-13)24-22(27)21-14(2)20-17(12-19(26)25-23(20)29-21)16-6-4-5-7-18(16)28-3/h4-11,17H,12H2,1-3H3,(H,24,27)(H,25,26)/t17-/m1/s1. The molecule has 148 valence electrons. The number of methoxy groups -OCH3 is 1. The number of rotatable bonds is 4. The van der Waals surface area contributed by atoms with Crippen molar-refractivity contribution in [1.82, 2.24) is 0 Å². The normalized spacial score (nSPS) is 15.4. The minimum atomic E-state index is -0.168. The number of hydrogen-bond donors (Lipinski definition) is 2. The summed E-state index contributed by atoms with van der Waals surface area (Å²) in [5.41, 5.74) is 4.72. The lowest BCUT2D eigenvalue weighted by Crippen LogP contribution is -2.23. The maximum absolute atomic E-state index is 12.9. The molecule has 1 aromatic heterocycles. The van der Waals surface area contributed by atoms with Gasteiger partial charge in [0, 0.05) is 23.6 Å². The van der Waals surface area contributed by atoms with Crippen molar-refractivity contribution in [1.29, 1.82) is 0 Å². The second-order valence-corrected chi connectivity index (χ2v) is 8.19. The number of amides is 2. The quantitative estimate of drug-likeness (QED) is 0.633. The van der Waals surface area contributed by atoms with Crippen LogP contribution in [0.2, 0.25) is 0 Å². The molecule has 4 rings (SSSR count). The first kappa shape index (κ1) is 19.2. The lowest BCUT2D eigenvalue weighted by molar-refractivity contribution is -0.116. The van der Waals surface area contributed by atoms with Gasteiger partial charge in [0.1, 0.15) is 5.75 Å². The number of carbonyl (C=O) groups is 2. The van der Waals surface area contributed by atoms with Crippen molar-refractivity contribution in [3.8, 4) is 5.75 Å². The highest BCUT2D eigenvalue weighted by Crippen LogP contribution is 2.47. The van der Waals surface area contributed by atoms with Gasteiger partial charge in [0.15, 0.2) is 0 Å². The van der Waals surface area contributed by atoms with Crippen LogP contribution >= 0.6 is 11.3 Å². The molecule has 2 heterocycles. The second-order valence-electron chi connectivity index (χ2n) is 7.17. The molecule has 1 aliphatic rings. The number of carbonyl (C=O) groups excluding carboxylic acids is 2. The SMILES string of the molecule is COc1ccccc1[C@H]1CC(=O)Nc2sc(C(=O)Nc3ccc(C)cc3)c(C)c21. The highest BCUT2D eigenvalue weighted by atomic mass is 32.1. The third kappa shape index (κ3) is 3.63. The van der Waals surface area contributed by atoms with Crippen LogP contribution in [0.25, 0.3) is 0 Å². The molecule has 0 spiro atoms. The largest absolute Gasteiger partial charge is 0.496 e. The average molecular weight is 407 g/mol. The van der Waals surface area contributed by atoms with E-state index in [1.807, 2.05) is 62.4 Å². The highest BCUT2D eigenvalue weighted by molar-refractivity contribution is 7.18. The van der Waals surface area contributed by atoms with E-state index in [0.717, 1.165) is 38.7 Å². The highest BCUT2D eigenvalue weighted by Gasteiger charge is 2.34. The molecule has 0 unspecified atom stereocenters. The third-order valence-corrected chi connectivity index (χ3v) is 6.44. The van der Waals surface area contributed by atoms with E-state index < -0.39 is 0 Å². The Hall–Kier alpha value is -3.12. The summed E-state index contributed by atoms with van der Waals surface area (Å²) in [6, 6.07) is 15.4. The summed E-state index contributed by atoms with van der Waals surface area (Å²) in [5.74, 6) is 0.375. The lowest BCUT2D eigenvalue weighted by atomic mass is 9.84. The smallest absolute Gasteiger partial charge is 0.266 e. The van der Waals surface area contributed by atoms with Gasteiger partial charge >= 0.3 is 0 Å². The number of para-hydroxylation sites is 1. The van der Waals surface area contributed by atoms with Crippen LogP contribution in [0.1, 0.15) is 44.3 Å². The van der Waals surface area contributed by atoms with Gasteiger partial charge in [-0.25, -0.2) is 0 Å². The van der Waals surface area contributed by atoms with Crippen molar-refractivity contribution >= 4 is 33.8 Å². The van der Waals surface area contributed by atoms with E-state index in [9.17, 15) is 9.59 Å². The fraction of sp³-hybridized carbons (Fsp3) is 0.217. The van der Waals surface area contributed by atoms with E-state index in [0.29, 0.717) is 11.3 Å². The third-order valence-electron chi connectivity index (χ3n) is 5.21. The average Bonchev–Trinajstić information content (AvgIpc) is 3.05. The number of anilines is 2. The summed E-state index contributed by atoms with van der Waals surface area (Å²) in [4.78, 5) is 25.9. The molecule has 0 saturated carbocycles. The zero-order valence-corrected chi connectivity index (χ0v) is 17.4. The van der Waals surface area contributed by atoms with Crippen molar-refractivity contribution in [3.05, 3.63) is 75.7 Å². The van der Waals surface area contributed by atoms with Crippen LogP contribution in [0.5, 0.6) is 5.75 Å². The number of thiophene rings is 1. The van der Waals surface area contributed by atoms with E-state index in [2.05, 4.69) is 10.6 Å². The molecular formula is C23H22N2O3S. The zero-order chi connectivity index (χ0) is 20.5. The molecule has 0 aliphatic carbocycles. The van der Waals surface area contributed by atoms with Crippen LogP contribution in [-0.2, 0) is 4.79 Å². The van der Waals surface area contributed by atoms with Crippen LogP contribution in [0.4, 0.5) is 10.7 Å². The topological polar surface area (TPSA) is 67.4 Å². The molecule has 0 saturated heterocycles. The molecule has 0 bridgehead atoms. The van der Waals surface area contributed by atoms with Crippen LogP contribution < -0.4 is 15.4 Å². The zero-order valence-electron chi connectivity index (χ0n) is 16.5. The van der Waals surface area contributed by atoms with E-state index in [4.69, 9.17) is 4.74 Å². The van der Waals surface area contributed by atoms with Gasteiger partial charge in [0.2, 0.25) is 5.91 Å². The number of fused-ring (bicyclic) bond motifs is 1. The Labute approximate surface area is 173 Å². The van der Waals surface area contributed by atoms with Gasteiger partial charge in [0.25, 0.3) is 5.91 Å². The van der Waals surface area contributed by atoms with Crippen molar-refractivity contribution in [2.75, 3.05) is 17.7 Å². The molecule has 1 atom stereocenters. The number of ether oxygens (including phenoxy) is 1. The fourth-order valence-corrected chi connectivity index (χ4v) is 4.95. The minimum absolute atomic E-state index is 0.0554. The van der Waals surface area contributed by atoms with Crippen LogP contribution in [-0.4, -0.2) is 18.9 Å². The van der Waals surface area contributed by atoms with E-state index in [1.54, 1.807) is 7.11 Å². The Kier molecular flexibility index (Phi) is 5.11. The molecular weight excluding hydrogens is 384 g/mol. The Morgan fingerprint density at radius 1 is 1.14 bits per heavy atom. The van der Waals surface area contributed by atoms with Gasteiger partial charge in [-0.2, -0.15) is 0 Å². The lowest BCUT2D eigenvalue weighted by Gasteiger charge is -2.25. The van der Waals surface area contributed by atoms with Crippen LogP contribution in [0, 0.1) is 13.8 Å². The van der Waals surface area contributed by atoms with Crippen molar-refractivity contribution in [2.24, 2.45) is 0 Å². The number of aryl methyl sites for hydroxylation is 1. The molecule has 6 heteroatoms. The Bertz CT molecular complexity index is 1090. The second kappa shape index (κ2) is 7.72. The first-order valence-corrected chi connectivity index (χ1v) is 10.2. The first-order chi connectivity index (χ1) is 14.0. The summed E-state index contributed by atoms with van der Waals surface area (Å²) in [7, 11) is 1.63. The Balaban J connectivity index is 1.72. The molecule has 2 N–H and O–H groups in total. The summed E-state index contributed by atoms with van der Waals surface area (Å²) in [6.07, 6.45) is 0.323. The summed E-state index contributed by atoms with van der Waals surface area (Å²) in [6.45, 7) is 3.95. The molecule has 29 heavy (non-hydrogen) atoms. The fourth-order valence-electron chi connectivity index (χ4n) is 3.76. The first-order valence-electron chi connectivity index (χ1n) is 9.42. The van der Waals surface area contributed by atoms with Gasteiger partial charge in [0.05, 0.1) is 17.0 Å². The van der Waals surface area contributed by atoms with Crippen molar-refractivity contribution < 1.29 is 14.3 Å². The molecule has 5 nitrogen and oxygen atoms in total. The van der Waals surface area contributed by atoms with E-state index in [-0.39, 0.29) is 17.7 Å². The van der Waals surface area contributed by atoms with Crippen molar-refractivity contribution in [3.63, 3.8) is 0 Å². The molecule has 1 aliphatic heterocycles. The minimum Gasteiger partial charge on any atom is -0.496 e. The van der Waals surface area contributed by atoms with Gasteiger partial charge in [-0.15, -0.1) is 11.3 Å². The number of benzene rings is 2. The molecule has 2 amide bonds. The molecule has 2 aromatic carbocycles. The van der Waals surface area contributed by atoms with Crippen molar-refractivity contribution in [2.45, 2.75) is 26.2 Å². The van der Waals surface area contributed by atoms with Gasteiger partial charge in [-0.05, 0) is 43.2 Å². The molecule has 0 radical (unpaired) electrons. The summed E-state index contributed by atoms with van der Waals surface area (Å²) >= 11 is 1.32. The predicted molar refractivity (Wildman–Crippen MR) is 116 cm³/mol. The number of hydrogen-bond acceptors (Lipinski definition) is 4. The summed E-state index contributed by atoms with van der Waals surface area (Å²) in [5, 5.41) is 6.64. The maximum Gasteiger partial charge on any atom is 0.266 e. The summed E-state index contributed by atoms with van der Waals surface area (Å²) < 4.78 is 5.52. The number of nitrogens with one attached hydrogen (secondary N) is 2. The Morgan fingerprint density at radius 2 is 1.86 bits per heavy atom. The molecule has 3 aromatic rings. The van der Waals surface area contributed by atoms with E-state index in [1.165, 1.54) is 11.3 Å². The van der Waals surface area contributed by atoms with Gasteiger partial charge in [-0.3, -0.25) is 9.59 Å². The maximum atomic E-state index is 12.9. The van der Waals surface area contributed by atoms with Crippen LogP contribution in [0.3, 0.4) is 0 Å². The monoisotopic (exact) mass is 406 g/mol. The Morgan fingerprint density at radius 3 is 2.59 bits per heavy atom. The van der Waals surface area contributed by atoms with Crippen LogP contribution in [0.15, 0.2) is 48.5 Å². The van der Waals surface area contributed by atoms with Gasteiger partial charge < -0.3 is 15.4 Å². The van der Waals surface area contributed by atoms with Gasteiger partial charge in [-0.1, -0.05) is 35.9 Å². The molecule has 0 fully saturated rings. The predicted octanol–water partition coefficient (Wildman–Crippen LogP) is 5.10.